The molecule has 96 valence electrons. The lowest BCUT2D eigenvalue weighted by molar-refractivity contribution is -0.143. The van der Waals surface area contributed by atoms with E-state index in [1.165, 1.54) is 10.9 Å². The summed E-state index contributed by atoms with van der Waals surface area (Å²) in [6.45, 7) is 2.29. The topological polar surface area (TPSA) is 42.1 Å². The first-order chi connectivity index (χ1) is 8.70. The molecule has 0 aliphatic carbocycles. The van der Waals surface area contributed by atoms with Crippen molar-refractivity contribution in [3.63, 3.8) is 0 Å². The second-order valence-electron chi connectivity index (χ2n) is 4.16. The molecule has 1 aromatic carbocycles. The van der Waals surface area contributed by atoms with Gasteiger partial charge in [-0.1, -0.05) is 15.9 Å². The summed E-state index contributed by atoms with van der Waals surface area (Å²) in [4.78, 5) is 14.5. The van der Waals surface area contributed by atoms with Crippen molar-refractivity contribution in [2.75, 3.05) is 6.61 Å². The van der Waals surface area contributed by atoms with Gasteiger partial charge in [-0.25, -0.2) is 0 Å². The van der Waals surface area contributed by atoms with E-state index in [9.17, 15) is 4.79 Å². The highest BCUT2D eigenvalue weighted by molar-refractivity contribution is 9.10. The van der Waals surface area contributed by atoms with Crippen molar-refractivity contribution in [1.29, 1.82) is 0 Å². The normalized spacial score (nSPS) is 10.8. The average Bonchev–Trinajstić information content (AvgIpc) is 2.72. The minimum atomic E-state index is -0.112. The van der Waals surface area contributed by atoms with Crippen molar-refractivity contribution in [3.05, 3.63) is 34.4 Å². The minimum Gasteiger partial charge on any atom is -0.466 e. The van der Waals surface area contributed by atoms with Gasteiger partial charge < -0.3 is 9.72 Å². The number of rotatable bonds is 5. The number of carbonyl (C=O) groups is 1. The maximum absolute atomic E-state index is 11.3. The summed E-state index contributed by atoms with van der Waals surface area (Å²) in [5, 5.41) is 1.22. The molecule has 0 radical (unpaired) electrons. The monoisotopic (exact) mass is 309 g/mol. The highest BCUT2D eigenvalue weighted by Crippen LogP contribution is 2.23. The Hall–Kier alpha value is -1.29. The second-order valence-corrected chi connectivity index (χ2v) is 5.08. The van der Waals surface area contributed by atoms with Crippen LogP contribution >= 0.6 is 15.9 Å². The fourth-order valence-electron chi connectivity index (χ4n) is 2.01. The van der Waals surface area contributed by atoms with Gasteiger partial charge >= 0.3 is 5.97 Å². The summed E-state index contributed by atoms with van der Waals surface area (Å²) in [6.07, 6.45) is 4.20. The zero-order chi connectivity index (χ0) is 13.0. The standard InChI is InChI=1S/C14H16BrNO2/c1-2-18-14(17)5-3-4-10-9-16-13-7-6-11(15)8-12(10)13/h6-9,16H,2-5H2,1H3. The molecule has 2 rings (SSSR count). The number of esters is 1. The van der Waals surface area contributed by atoms with Gasteiger partial charge in [0.1, 0.15) is 0 Å². The molecule has 2 aromatic rings. The second kappa shape index (κ2) is 6.05. The van der Waals surface area contributed by atoms with Crippen LogP contribution in [0, 0.1) is 0 Å². The minimum absolute atomic E-state index is 0.112. The van der Waals surface area contributed by atoms with E-state index in [1.54, 1.807) is 0 Å². The number of fused-ring (bicyclic) bond motifs is 1. The third-order valence-corrected chi connectivity index (χ3v) is 3.36. The Kier molecular flexibility index (Phi) is 4.42. The van der Waals surface area contributed by atoms with Gasteiger partial charge in [0.05, 0.1) is 6.61 Å². The zero-order valence-electron chi connectivity index (χ0n) is 10.3. The predicted octanol–water partition coefficient (Wildman–Crippen LogP) is 3.82. The zero-order valence-corrected chi connectivity index (χ0v) is 11.9. The molecule has 4 heteroatoms. The van der Waals surface area contributed by atoms with Crippen LogP contribution in [-0.2, 0) is 16.0 Å². The molecule has 3 nitrogen and oxygen atoms in total. The Balaban J connectivity index is 1.99. The van der Waals surface area contributed by atoms with Gasteiger partial charge in [0.2, 0.25) is 0 Å². The molecule has 0 aliphatic heterocycles. The van der Waals surface area contributed by atoms with Crippen LogP contribution in [0.4, 0.5) is 0 Å². The molecular weight excluding hydrogens is 294 g/mol. The molecule has 0 unspecified atom stereocenters. The Bertz CT molecular complexity index is 548. The summed E-state index contributed by atoms with van der Waals surface area (Å²) in [6, 6.07) is 6.17. The van der Waals surface area contributed by atoms with Crippen molar-refractivity contribution < 1.29 is 9.53 Å². The molecule has 0 amide bonds. The summed E-state index contributed by atoms with van der Waals surface area (Å²) in [7, 11) is 0. The van der Waals surface area contributed by atoms with Crippen LogP contribution in [0.1, 0.15) is 25.3 Å². The molecule has 0 saturated carbocycles. The molecule has 1 aromatic heterocycles. The summed E-state index contributed by atoms with van der Waals surface area (Å²) in [5.41, 5.74) is 2.37. The van der Waals surface area contributed by atoms with Crippen LogP contribution in [-0.4, -0.2) is 17.6 Å². The first-order valence-corrected chi connectivity index (χ1v) is 6.91. The number of carbonyl (C=O) groups excluding carboxylic acids is 1. The third-order valence-electron chi connectivity index (χ3n) is 2.86. The maximum atomic E-state index is 11.3. The smallest absolute Gasteiger partial charge is 0.305 e. The van der Waals surface area contributed by atoms with Gasteiger partial charge in [-0.2, -0.15) is 0 Å². The fraction of sp³-hybridized carbons (Fsp3) is 0.357. The van der Waals surface area contributed by atoms with Gasteiger partial charge in [-0.05, 0) is 43.5 Å². The fourth-order valence-corrected chi connectivity index (χ4v) is 2.37. The number of halogens is 1. The number of hydrogen-bond acceptors (Lipinski definition) is 2. The number of H-pyrrole nitrogens is 1. The van der Waals surface area contributed by atoms with Crippen molar-refractivity contribution in [3.8, 4) is 0 Å². The summed E-state index contributed by atoms with van der Waals surface area (Å²) in [5.74, 6) is -0.112. The van der Waals surface area contributed by atoms with Gasteiger partial charge in [0.15, 0.2) is 0 Å². The third kappa shape index (κ3) is 3.13. The largest absolute Gasteiger partial charge is 0.466 e. The molecule has 1 heterocycles. The first kappa shape index (κ1) is 13.1. The lowest BCUT2D eigenvalue weighted by atomic mass is 10.1. The maximum Gasteiger partial charge on any atom is 0.305 e. The van der Waals surface area contributed by atoms with Crippen molar-refractivity contribution in [2.24, 2.45) is 0 Å². The van der Waals surface area contributed by atoms with E-state index in [-0.39, 0.29) is 5.97 Å². The Labute approximate surface area is 115 Å². The first-order valence-electron chi connectivity index (χ1n) is 6.12. The Morgan fingerprint density at radius 1 is 1.44 bits per heavy atom. The highest BCUT2D eigenvalue weighted by Gasteiger charge is 2.06. The van der Waals surface area contributed by atoms with Crippen LogP contribution in [0.15, 0.2) is 28.9 Å². The van der Waals surface area contributed by atoms with Crippen LogP contribution < -0.4 is 0 Å². The van der Waals surface area contributed by atoms with E-state index < -0.39 is 0 Å². The average molecular weight is 310 g/mol. The molecule has 0 atom stereocenters. The number of hydrogen-bond donors (Lipinski definition) is 1. The predicted molar refractivity (Wildman–Crippen MR) is 75.6 cm³/mol. The molecule has 0 bridgehead atoms. The lowest BCUT2D eigenvalue weighted by Gasteiger charge is -2.01. The Morgan fingerprint density at radius 3 is 3.06 bits per heavy atom. The number of ether oxygens (including phenoxy) is 1. The molecule has 0 aliphatic rings. The van der Waals surface area contributed by atoms with Crippen molar-refractivity contribution in [1.82, 2.24) is 4.98 Å². The number of benzene rings is 1. The number of nitrogens with one attached hydrogen (secondary N) is 1. The lowest BCUT2D eigenvalue weighted by Crippen LogP contribution is -2.03. The van der Waals surface area contributed by atoms with Crippen LogP contribution in [0.3, 0.4) is 0 Å². The summed E-state index contributed by atoms with van der Waals surface area (Å²) < 4.78 is 5.98. The molecule has 0 fully saturated rings. The van der Waals surface area contributed by atoms with Crippen molar-refractivity contribution in [2.45, 2.75) is 26.2 Å². The molecule has 18 heavy (non-hydrogen) atoms. The summed E-state index contributed by atoms with van der Waals surface area (Å²) >= 11 is 3.48. The van der Waals surface area contributed by atoms with Crippen molar-refractivity contribution >= 4 is 32.8 Å². The molecule has 0 spiro atoms. The highest BCUT2D eigenvalue weighted by atomic mass is 79.9. The van der Waals surface area contributed by atoms with Gasteiger partial charge in [0.25, 0.3) is 0 Å². The van der Waals surface area contributed by atoms with E-state index in [4.69, 9.17) is 4.74 Å². The van der Waals surface area contributed by atoms with Gasteiger partial charge in [0, 0.05) is 28.0 Å². The number of aromatic nitrogens is 1. The van der Waals surface area contributed by atoms with Gasteiger partial charge in [-0.15, -0.1) is 0 Å². The number of aryl methyl sites for hydroxylation is 1. The van der Waals surface area contributed by atoms with E-state index in [1.807, 2.05) is 25.3 Å². The van der Waals surface area contributed by atoms with Crippen LogP contribution in [0.5, 0.6) is 0 Å². The molecular formula is C14H16BrNO2. The SMILES string of the molecule is CCOC(=O)CCCc1c[nH]c2ccc(Br)cc12. The molecule has 0 saturated heterocycles. The van der Waals surface area contributed by atoms with Gasteiger partial charge in [-0.3, -0.25) is 4.79 Å². The van der Waals surface area contributed by atoms with E-state index in [2.05, 4.69) is 27.0 Å². The quantitative estimate of drug-likeness (QED) is 0.853. The molecule has 1 N–H and O–H groups in total. The Morgan fingerprint density at radius 2 is 2.28 bits per heavy atom. The van der Waals surface area contributed by atoms with E-state index >= 15 is 0 Å². The van der Waals surface area contributed by atoms with E-state index in [0.29, 0.717) is 13.0 Å². The van der Waals surface area contributed by atoms with Crippen LogP contribution in [0.25, 0.3) is 10.9 Å². The number of aromatic amines is 1. The van der Waals surface area contributed by atoms with E-state index in [0.717, 1.165) is 22.8 Å². The van der Waals surface area contributed by atoms with Crippen LogP contribution in [0.2, 0.25) is 0 Å².